The molecule has 62 valence electrons. The van der Waals surface area contributed by atoms with Crippen molar-refractivity contribution in [2.24, 2.45) is 0 Å². The maximum Gasteiger partial charge on any atom is 0.164 e. The molecule has 3 nitrogen and oxygen atoms in total. The van der Waals surface area contributed by atoms with Crippen LogP contribution in [0.1, 0.15) is 5.56 Å². The molecule has 3 heteroatoms. The average Bonchev–Trinajstić information content (AvgIpc) is 2.05. The minimum absolute atomic E-state index is 0.0743. The molecule has 0 aliphatic heterocycles. The maximum atomic E-state index is 9.28. The summed E-state index contributed by atoms with van der Waals surface area (Å²) >= 11 is 0. The van der Waals surface area contributed by atoms with Crippen LogP contribution in [0.25, 0.3) is 0 Å². The van der Waals surface area contributed by atoms with E-state index in [1.165, 1.54) is 13.2 Å². The Kier molecular flexibility index (Phi) is 2.54. The van der Waals surface area contributed by atoms with Crippen LogP contribution in [-0.2, 0) is 6.42 Å². The Balaban J connectivity index is 3.11. The zero-order valence-corrected chi connectivity index (χ0v) is 6.74. The van der Waals surface area contributed by atoms with Crippen molar-refractivity contribution >= 4 is 0 Å². The number of nitriles is 1. The van der Waals surface area contributed by atoms with Crippen molar-refractivity contribution in [1.29, 1.82) is 5.26 Å². The van der Waals surface area contributed by atoms with Gasteiger partial charge in [-0.3, -0.25) is 0 Å². The lowest BCUT2D eigenvalue weighted by atomic mass is 10.1. The van der Waals surface area contributed by atoms with Gasteiger partial charge in [-0.2, -0.15) is 5.26 Å². The number of nitrogens with zero attached hydrogens (tertiary/aromatic N) is 1. The molecule has 0 atom stereocenters. The first-order chi connectivity index (χ1) is 5.79. The molecule has 1 aromatic rings. The van der Waals surface area contributed by atoms with Gasteiger partial charge in [0, 0.05) is 5.56 Å². The summed E-state index contributed by atoms with van der Waals surface area (Å²) in [5, 5.41) is 17.7. The molecule has 0 spiro atoms. The standard InChI is InChI=1S/C9H9NO2/c1-12-9-7(5-6-10)3-2-4-8(9)11/h2-4,11H,5H2,1H3. The first-order valence-corrected chi connectivity index (χ1v) is 3.51. The van der Waals surface area contributed by atoms with Crippen LogP contribution in [0, 0.1) is 11.3 Å². The topological polar surface area (TPSA) is 53.2 Å². The summed E-state index contributed by atoms with van der Waals surface area (Å²) < 4.78 is 4.93. The van der Waals surface area contributed by atoms with Crippen LogP contribution in [0.5, 0.6) is 11.5 Å². The number of benzene rings is 1. The Morgan fingerprint density at radius 3 is 2.92 bits per heavy atom. The summed E-state index contributed by atoms with van der Waals surface area (Å²) in [5.41, 5.74) is 0.708. The van der Waals surface area contributed by atoms with E-state index >= 15 is 0 Å². The molecule has 0 fully saturated rings. The number of phenolic OH excluding ortho intramolecular Hbond substituents is 1. The third-order valence-corrected chi connectivity index (χ3v) is 1.55. The minimum Gasteiger partial charge on any atom is -0.504 e. The van der Waals surface area contributed by atoms with Gasteiger partial charge in [0.25, 0.3) is 0 Å². The number of hydrogen-bond donors (Lipinski definition) is 1. The van der Waals surface area contributed by atoms with Crippen molar-refractivity contribution in [2.75, 3.05) is 7.11 Å². The van der Waals surface area contributed by atoms with E-state index in [-0.39, 0.29) is 12.2 Å². The zero-order valence-electron chi connectivity index (χ0n) is 6.74. The number of phenols is 1. The third-order valence-electron chi connectivity index (χ3n) is 1.55. The third kappa shape index (κ3) is 1.48. The fraction of sp³-hybridized carbons (Fsp3) is 0.222. The molecular formula is C9H9NO2. The number of methoxy groups -OCH3 is 1. The predicted molar refractivity (Wildman–Crippen MR) is 44.0 cm³/mol. The zero-order chi connectivity index (χ0) is 8.97. The van der Waals surface area contributed by atoms with E-state index in [0.717, 1.165) is 0 Å². The molecular weight excluding hydrogens is 154 g/mol. The molecule has 0 aromatic heterocycles. The number of ether oxygens (including phenoxy) is 1. The highest BCUT2D eigenvalue weighted by Gasteiger charge is 2.06. The monoisotopic (exact) mass is 163 g/mol. The van der Waals surface area contributed by atoms with Crippen LogP contribution >= 0.6 is 0 Å². The molecule has 0 unspecified atom stereocenters. The van der Waals surface area contributed by atoms with Crippen molar-refractivity contribution < 1.29 is 9.84 Å². The van der Waals surface area contributed by atoms with Crippen molar-refractivity contribution in [2.45, 2.75) is 6.42 Å². The summed E-state index contributed by atoms with van der Waals surface area (Å²) in [4.78, 5) is 0. The quantitative estimate of drug-likeness (QED) is 0.718. The van der Waals surface area contributed by atoms with Crippen molar-refractivity contribution in [3.8, 4) is 17.6 Å². The second-order valence-corrected chi connectivity index (χ2v) is 2.30. The Labute approximate surface area is 70.8 Å². The van der Waals surface area contributed by atoms with Crippen molar-refractivity contribution in [3.63, 3.8) is 0 Å². The predicted octanol–water partition coefficient (Wildman–Crippen LogP) is 1.47. The van der Waals surface area contributed by atoms with E-state index in [9.17, 15) is 5.11 Å². The lowest BCUT2D eigenvalue weighted by Gasteiger charge is -2.06. The van der Waals surface area contributed by atoms with Gasteiger partial charge in [0.1, 0.15) is 0 Å². The highest BCUT2D eigenvalue weighted by Crippen LogP contribution is 2.29. The van der Waals surface area contributed by atoms with E-state index in [1.54, 1.807) is 12.1 Å². The van der Waals surface area contributed by atoms with Gasteiger partial charge in [0.15, 0.2) is 11.5 Å². The second kappa shape index (κ2) is 3.63. The van der Waals surface area contributed by atoms with Gasteiger partial charge in [0.05, 0.1) is 19.6 Å². The first-order valence-electron chi connectivity index (χ1n) is 3.51. The van der Waals surface area contributed by atoms with Gasteiger partial charge < -0.3 is 9.84 Å². The Morgan fingerprint density at radius 1 is 1.58 bits per heavy atom. The van der Waals surface area contributed by atoms with Gasteiger partial charge in [-0.05, 0) is 6.07 Å². The molecule has 1 N–H and O–H groups in total. The molecule has 0 saturated carbocycles. The number of rotatable bonds is 2. The fourth-order valence-corrected chi connectivity index (χ4v) is 1.03. The molecule has 0 aliphatic carbocycles. The van der Waals surface area contributed by atoms with E-state index in [2.05, 4.69) is 0 Å². The van der Waals surface area contributed by atoms with E-state index in [0.29, 0.717) is 11.3 Å². The van der Waals surface area contributed by atoms with Gasteiger partial charge in [0.2, 0.25) is 0 Å². The lowest BCUT2D eigenvalue weighted by molar-refractivity contribution is 0.370. The molecule has 0 saturated heterocycles. The highest BCUT2D eigenvalue weighted by atomic mass is 16.5. The normalized spacial score (nSPS) is 9.00. The molecule has 0 amide bonds. The van der Waals surface area contributed by atoms with Crippen LogP contribution < -0.4 is 4.74 Å². The van der Waals surface area contributed by atoms with Crippen LogP contribution in [-0.4, -0.2) is 12.2 Å². The van der Waals surface area contributed by atoms with Gasteiger partial charge in [-0.15, -0.1) is 0 Å². The lowest BCUT2D eigenvalue weighted by Crippen LogP contribution is -1.90. The van der Waals surface area contributed by atoms with Crippen LogP contribution in [0.4, 0.5) is 0 Å². The number of hydrogen-bond acceptors (Lipinski definition) is 3. The Hall–Kier alpha value is -1.69. The van der Waals surface area contributed by atoms with Gasteiger partial charge in [-0.25, -0.2) is 0 Å². The molecule has 0 radical (unpaired) electrons. The molecule has 0 bridgehead atoms. The highest BCUT2D eigenvalue weighted by molar-refractivity contribution is 5.46. The minimum atomic E-state index is 0.0743. The molecule has 1 aromatic carbocycles. The molecule has 1 rings (SSSR count). The number of aromatic hydroxyl groups is 1. The van der Waals surface area contributed by atoms with Gasteiger partial charge >= 0.3 is 0 Å². The Bertz CT molecular complexity index is 315. The van der Waals surface area contributed by atoms with Crippen molar-refractivity contribution in [3.05, 3.63) is 23.8 Å². The fourth-order valence-electron chi connectivity index (χ4n) is 1.03. The van der Waals surface area contributed by atoms with Crippen LogP contribution in [0.3, 0.4) is 0 Å². The summed E-state index contributed by atoms with van der Waals surface area (Å²) in [6, 6.07) is 6.96. The van der Waals surface area contributed by atoms with E-state index < -0.39 is 0 Å². The largest absolute Gasteiger partial charge is 0.504 e. The van der Waals surface area contributed by atoms with Gasteiger partial charge in [-0.1, -0.05) is 12.1 Å². The summed E-state index contributed by atoms with van der Waals surface area (Å²) in [5.74, 6) is 0.462. The molecule has 0 aliphatic rings. The van der Waals surface area contributed by atoms with Crippen molar-refractivity contribution in [1.82, 2.24) is 0 Å². The number of para-hydroxylation sites is 1. The molecule has 12 heavy (non-hydrogen) atoms. The van der Waals surface area contributed by atoms with E-state index in [1.807, 2.05) is 6.07 Å². The first kappa shape index (κ1) is 8.41. The average molecular weight is 163 g/mol. The van der Waals surface area contributed by atoms with Crippen LogP contribution in [0.2, 0.25) is 0 Å². The summed E-state index contributed by atoms with van der Waals surface area (Å²) in [7, 11) is 1.47. The SMILES string of the molecule is COc1c(O)cccc1CC#N. The summed E-state index contributed by atoms with van der Waals surface area (Å²) in [6.07, 6.45) is 0.248. The van der Waals surface area contributed by atoms with E-state index in [4.69, 9.17) is 10.00 Å². The second-order valence-electron chi connectivity index (χ2n) is 2.30. The van der Waals surface area contributed by atoms with Crippen LogP contribution in [0.15, 0.2) is 18.2 Å². The smallest absolute Gasteiger partial charge is 0.164 e. The maximum absolute atomic E-state index is 9.28. The summed E-state index contributed by atoms with van der Waals surface area (Å²) in [6.45, 7) is 0. The molecule has 0 heterocycles. The Morgan fingerprint density at radius 2 is 2.33 bits per heavy atom.